The average molecular weight is 808 g/mol. The number of fused-ring (bicyclic) bond motifs is 13. The Morgan fingerprint density at radius 1 is 0.333 bits per heavy atom. The van der Waals surface area contributed by atoms with Crippen LogP contribution in [0.1, 0.15) is 22.3 Å². The normalized spacial score (nSPS) is 13.1. The Bertz CT molecular complexity index is 3520. The van der Waals surface area contributed by atoms with Gasteiger partial charge in [-0.2, -0.15) is 0 Å². The van der Waals surface area contributed by atoms with Gasteiger partial charge in [-0.1, -0.05) is 164 Å². The molecule has 0 bridgehead atoms. The summed E-state index contributed by atoms with van der Waals surface area (Å²) in [6.07, 6.45) is 0. The average Bonchev–Trinajstić information content (AvgIpc) is 3.74. The summed E-state index contributed by atoms with van der Waals surface area (Å²) in [4.78, 5) is 2.35. The number of anilines is 3. The molecule has 0 radical (unpaired) electrons. The molecule has 0 fully saturated rings. The van der Waals surface area contributed by atoms with Gasteiger partial charge in [-0.05, 0) is 76.9 Å². The molecule has 1 aromatic heterocycles. The fourth-order valence-electron chi connectivity index (χ4n) is 10.3. The lowest BCUT2D eigenvalue weighted by Crippen LogP contribution is -2.36. The van der Waals surface area contributed by atoms with Crippen molar-refractivity contribution in [3.63, 3.8) is 0 Å². The summed E-state index contributed by atoms with van der Waals surface area (Å²) in [5.74, 6) is 3.28. The molecule has 13 rings (SSSR count). The molecule has 0 saturated heterocycles. The molecule has 0 N–H and O–H groups in total. The third kappa shape index (κ3) is 5.28. The molecule has 10 aromatic carbocycles. The zero-order valence-electron chi connectivity index (χ0n) is 34.0. The van der Waals surface area contributed by atoms with Crippen molar-refractivity contribution in [2.75, 3.05) is 4.90 Å². The predicted molar refractivity (Wildman–Crippen MR) is 255 cm³/mol. The first-order chi connectivity index (χ1) is 31.2. The molecular weight excluding hydrogens is 771 g/mol. The van der Waals surface area contributed by atoms with E-state index in [1.54, 1.807) is 0 Å². The van der Waals surface area contributed by atoms with Crippen molar-refractivity contribution in [1.29, 1.82) is 0 Å². The third-order valence-corrected chi connectivity index (χ3v) is 13.0. The van der Waals surface area contributed by atoms with E-state index in [9.17, 15) is 0 Å². The molecule has 11 aromatic rings. The molecule has 3 heterocycles. The lowest BCUT2D eigenvalue weighted by Gasteiger charge is -2.45. The van der Waals surface area contributed by atoms with Gasteiger partial charge in [0.2, 0.25) is 0 Å². The Balaban J connectivity index is 1.03. The van der Waals surface area contributed by atoms with Crippen LogP contribution in [-0.2, 0) is 5.41 Å². The van der Waals surface area contributed by atoms with E-state index < -0.39 is 5.41 Å². The Kier molecular flexibility index (Phi) is 7.79. The van der Waals surface area contributed by atoms with Crippen molar-refractivity contribution >= 4 is 49.8 Å². The summed E-state index contributed by atoms with van der Waals surface area (Å²) >= 11 is 0. The fourth-order valence-corrected chi connectivity index (χ4v) is 10.3. The Morgan fingerprint density at radius 2 is 0.841 bits per heavy atom. The van der Waals surface area contributed by atoms with Gasteiger partial charge in [0.1, 0.15) is 34.2 Å². The van der Waals surface area contributed by atoms with Crippen molar-refractivity contribution in [3.8, 4) is 45.3 Å². The lowest BCUT2D eigenvalue weighted by molar-refractivity contribution is 0.399. The number of rotatable bonds is 5. The van der Waals surface area contributed by atoms with E-state index in [0.29, 0.717) is 0 Å². The lowest BCUT2D eigenvalue weighted by atomic mass is 9.62. The standard InChI is InChI=1S/C59H37NO3/c1-2-15-38(16-3-1)42-17-4-5-18-43(42)39-29-31-40(32-30-39)60(52-24-14-20-46-44(52)34-35-47-45-19-6-10-25-53(45)63-58(46)47)41-33-36-51-57(37-41)62-56-28-13-9-23-50(56)59(51)48-21-7-11-26-54(48)61-55-27-12-8-22-49(55)59/h1-37H. The molecule has 0 aliphatic carbocycles. The first kappa shape index (κ1) is 35.4. The molecule has 0 atom stereocenters. The number of hydrogen-bond acceptors (Lipinski definition) is 4. The molecule has 0 saturated carbocycles. The summed E-state index contributed by atoms with van der Waals surface area (Å²) in [6.45, 7) is 0. The van der Waals surface area contributed by atoms with Gasteiger partial charge in [0, 0.05) is 61.2 Å². The topological polar surface area (TPSA) is 34.8 Å². The van der Waals surface area contributed by atoms with E-state index in [2.05, 4.69) is 205 Å². The SMILES string of the molecule is c1ccc(-c2ccccc2-c2ccc(N(c3ccc4c(c3)Oc3ccccc3C43c4ccccc4Oc4ccccc43)c3cccc4c3ccc3c5ccccc5oc43)cc2)cc1. The molecule has 0 amide bonds. The molecular formula is C59H37NO3. The summed E-state index contributed by atoms with van der Waals surface area (Å²) in [6, 6.07) is 79.4. The number of para-hydroxylation sites is 4. The van der Waals surface area contributed by atoms with Crippen molar-refractivity contribution in [2.24, 2.45) is 0 Å². The fraction of sp³-hybridized carbons (Fsp3) is 0.0169. The Labute approximate surface area is 364 Å². The van der Waals surface area contributed by atoms with Crippen molar-refractivity contribution in [2.45, 2.75) is 5.41 Å². The van der Waals surface area contributed by atoms with Crippen LogP contribution in [0.2, 0.25) is 0 Å². The van der Waals surface area contributed by atoms with Gasteiger partial charge >= 0.3 is 0 Å². The maximum atomic E-state index is 7.03. The first-order valence-corrected chi connectivity index (χ1v) is 21.4. The van der Waals surface area contributed by atoms with Crippen LogP contribution in [0.3, 0.4) is 0 Å². The highest BCUT2D eigenvalue weighted by Crippen LogP contribution is 2.62. The smallest absolute Gasteiger partial charge is 0.143 e. The van der Waals surface area contributed by atoms with Crippen molar-refractivity contribution in [3.05, 3.63) is 247 Å². The quantitative estimate of drug-likeness (QED) is 0.173. The highest BCUT2D eigenvalue weighted by molar-refractivity contribution is 6.17. The summed E-state index contributed by atoms with van der Waals surface area (Å²) in [5.41, 5.74) is 13.1. The van der Waals surface area contributed by atoms with Gasteiger partial charge in [0.05, 0.1) is 11.1 Å². The second-order valence-corrected chi connectivity index (χ2v) is 16.3. The number of nitrogens with zero attached hydrogens (tertiary/aromatic N) is 1. The van der Waals surface area contributed by atoms with Gasteiger partial charge in [-0.15, -0.1) is 0 Å². The first-order valence-electron chi connectivity index (χ1n) is 21.4. The number of benzene rings is 10. The van der Waals surface area contributed by atoms with E-state index in [4.69, 9.17) is 13.9 Å². The van der Waals surface area contributed by atoms with Crippen LogP contribution in [0.4, 0.5) is 17.1 Å². The minimum Gasteiger partial charge on any atom is -0.457 e. The van der Waals surface area contributed by atoms with E-state index in [-0.39, 0.29) is 0 Å². The van der Waals surface area contributed by atoms with E-state index >= 15 is 0 Å². The zero-order valence-corrected chi connectivity index (χ0v) is 34.0. The van der Waals surface area contributed by atoms with E-state index in [1.807, 2.05) is 24.3 Å². The van der Waals surface area contributed by atoms with E-state index in [1.165, 1.54) is 16.7 Å². The maximum Gasteiger partial charge on any atom is 0.143 e. The van der Waals surface area contributed by atoms with Gasteiger partial charge in [-0.3, -0.25) is 0 Å². The van der Waals surface area contributed by atoms with Crippen LogP contribution in [0.15, 0.2) is 229 Å². The summed E-state index contributed by atoms with van der Waals surface area (Å²) in [7, 11) is 0. The second kappa shape index (κ2) is 13.8. The van der Waals surface area contributed by atoms with Crippen LogP contribution in [0.25, 0.3) is 55.0 Å². The molecule has 63 heavy (non-hydrogen) atoms. The molecule has 2 aliphatic rings. The minimum atomic E-state index is -0.681. The molecule has 0 unspecified atom stereocenters. The molecule has 1 spiro atoms. The third-order valence-electron chi connectivity index (χ3n) is 13.0. The van der Waals surface area contributed by atoms with Gasteiger partial charge in [0.25, 0.3) is 0 Å². The monoisotopic (exact) mass is 807 g/mol. The van der Waals surface area contributed by atoms with Gasteiger partial charge in [0.15, 0.2) is 0 Å². The zero-order chi connectivity index (χ0) is 41.5. The minimum absolute atomic E-state index is 0.681. The largest absolute Gasteiger partial charge is 0.457 e. The predicted octanol–water partition coefficient (Wildman–Crippen LogP) is 16.1. The summed E-state index contributed by atoms with van der Waals surface area (Å²) in [5, 5.41) is 4.35. The highest BCUT2D eigenvalue weighted by atomic mass is 16.5. The number of ether oxygens (including phenoxy) is 2. The van der Waals surface area contributed by atoms with Crippen LogP contribution in [0.5, 0.6) is 23.0 Å². The van der Waals surface area contributed by atoms with Crippen LogP contribution in [-0.4, -0.2) is 0 Å². The maximum absolute atomic E-state index is 7.03. The van der Waals surface area contributed by atoms with Crippen molar-refractivity contribution in [1.82, 2.24) is 0 Å². The van der Waals surface area contributed by atoms with Crippen molar-refractivity contribution < 1.29 is 13.9 Å². The Morgan fingerprint density at radius 3 is 1.54 bits per heavy atom. The highest BCUT2D eigenvalue weighted by Gasteiger charge is 2.50. The van der Waals surface area contributed by atoms with Crippen LogP contribution >= 0.6 is 0 Å². The van der Waals surface area contributed by atoms with Gasteiger partial charge < -0.3 is 18.8 Å². The summed E-state index contributed by atoms with van der Waals surface area (Å²) < 4.78 is 20.3. The molecule has 296 valence electrons. The molecule has 2 aliphatic heterocycles. The Hall–Kier alpha value is -8.34. The molecule has 4 nitrogen and oxygen atoms in total. The number of hydrogen-bond donors (Lipinski definition) is 0. The van der Waals surface area contributed by atoms with Crippen LogP contribution < -0.4 is 14.4 Å². The second-order valence-electron chi connectivity index (χ2n) is 16.3. The van der Waals surface area contributed by atoms with Crippen LogP contribution in [0, 0.1) is 0 Å². The molecule has 4 heteroatoms. The van der Waals surface area contributed by atoms with E-state index in [0.717, 1.165) is 101 Å². The number of furan rings is 1. The van der Waals surface area contributed by atoms with Gasteiger partial charge in [-0.25, -0.2) is 0 Å².